The van der Waals surface area contributed by atoms with E-state index in [1.165, 1.54) is 0 Å². The zero-order valence-corrected chi connectivity index (χ0v) is 14.7. The van der Waals surface area contributed by atoms with Crippen molar-refractivity contribution in [2.24, 2.45) is 5.41 Å². The first kappa shape index (κ1) is 16.6. The largest absolute Gasteiger partial charge is 0.392 e. The second-order valence-corrected chi connectivity index (χ2v) is 7.35. The third-order valence-electron chi connectivity index (χ3n) is 6.17. The van der Waals surface area contributed by atoms with Crippen molar-refractivity contribution in [2.45, 2.75) is 44.8 Å². The van der Waals surface area contributed by atoms with Gasteiger partial charge in [-0.15, -0.1) is 0 Å². The Balaban J connectivity index is 1.40. The van der Waals surface area contributed by atoms with Crippen molar-refractivity contribution in [3.8, 4) is 0 Å². The van der Waals surface area contributed by atoms with Crippen molar-refractivity contribution in [1.29, 1.82) is 0 Å². The maximum atomic E-state index is 12.7. The number of carbonyl (C=O) groups is 1. The van der Waals surface area contributed by atoms with Crippen LogP contribution in [-0.2, 0) is 16.0 Å². The summed E-state index contributed by atoms with van der Waals surface area (Å²) in [6, 6.07) is 8.07. The Labute approximate surface area is 148 Å². The highest BCUT2D eigenvalue weighted by Gasteiger charge is 2.56. The molecule has 1 spiro atoms. The summed E-state index contributed by atoms with van der Waals surface area (Å²) >= 11 is 0. The Morgan fingerprint density at radius 1 is 1.36 bits per heavy atom. The Kier molecular flexibility index (Phi) is 4.29. The Morgan fingerprint density at radius 3 is 2.84 bits per heavy atom. The van der Waals surface area contributed by atoms with Crippen molar-refractivity contribution in [1.82, 2.24) is 9.88 Å². The van der Waals surface area contributed by atoms with Crippen LogP contribution < -0.4 is 0 Å². The predicted molar refractivity (Wildman–Crippen MR) is 96.3 cm³/mol. The molecule has 1 aromatic carbocycles. The monoisotopic (exact) mass is 342 g/mol. The van der Waals surface area contributed by atoms with E-state index in [0.717, 1.165) is 35.7 Å². The van der Waals surface area contributed by atoms with Crippen molar-refractivity contribution in [2.75, 3.05) is 19.7 Å². The van der Waals surface area contributed by atoms with Crippen molar-refractivity contribution >= 4 is 16.8 Å². The number of nitrogens with one attached hydrogen (secondary N) is 1. The lowest BCUT2D eigenvalue weighted by Crippen LogP contribution is -2.62. The summed E-state index contributed by atoms with van der Waals surface area (Å²) in [6.07, 6.45) is 4.63. The van der Waals surface area contributed by atoms with Crippen molar-refractivity contribution < 1.29 is 14.6 Å². The number of hydrogen-bond donors (Lipinski definition) is 2. The molecule has 5 nitrogen and oxygen atoms in total. The van der Waals surface area contributed by atoms with E-state index in [9.17, 15) is 9.90 Å². The van der Waals surface area contributed by atoms with Gasteiger partial charge < -0.3 is 19.7 Å². The number of ether oxygens (including phenoxy) is 1. The number of amides is 1. The number of hydrogen-bond acceptors (Lipinski definition) is 3. The lowest BCUT2D eigenvalue weighted by Gasteiger charge is -2.56. The van der Waals surface area contributed by atoms with Gasteiger partial charge in [-0.05, 0) is 31.4 Å². The molecule has 1 aliphatic carbocycles. The topological polar surface area (TPSA) is 65.6 Å². The number of carbonyl (C=O) groups excluding carboxylic acids is 1. The number of aromatic nitrogens is 1. The Morgan fingerprint density at radius 2 is 2.12 bits per heavy atom. The van der Waals surface area contributed by atoms with Crippen LogP contribution in [0.5, 0.6) is 0 Å². The third kappa shape index (κ3) is 2.75. The van der Waals surface area contributed by atoms with Crippen LogP contribution in [0.1, 0.15) is 31.7 Å². The molecule has 25 heavy (non-hydrogen) atoms. The highest BCUT2D eigenvalue weighted by Crippen LogP contribution is 2.50. The quantitative estimate of drug-likeness (QED) is 0.897. The normalized spacial score (nSPS) is 25.3. The van der Waals surface area contributed by atoms with Gasteiger partial charge in [0.15, 0.2) is 0 Å². The molecule has 2 heterocycles. The maximum absolute atomic E-state index is 12.7. The van der Waals surface area contributed by atoms with Gasteiger partial charge in [0.1, 0.15) is 0 Å². The zero-order valence-electron chi connectivity index (χ0n) is 14.7. The van der Waals surface area contributed by atoms with Gasteiger partial charge in [0, 0.05) is 48.6 Å². The van der Waals surface area contributed by atoms with E-state index in [4.69, 9.17) is 4.74 Å². The average Bonchev–Trinajstić information content (AvgIpc) is 3.05. The summed E-state index contributed by atoms with van der Waals surface area (Å²) in [5.41, 5.74) is 1.99. The molecule has 1 amide bonds. The SMILES string of the molecule is CCOC1CC(O)C12CCN(C(=O)Cc1c[nH]c3ccccc13)CC2. The summed E-state index contributed by atoms with van der Waals surface area (Å²) < 4.78 is 5.80. The molecule has 2 fully saturated rings. The highest BCUT2D eigenvalue weighted by atomic mass is 16.5. The van der Waals surface area contributed by atoms with E-state index < -0.39 is 0 Å². The number of aliphatic hydroxyl groups is 1. The zero-order chi connectivity index (χ0) is 17.4. The second-order valence-electron chi connectivity index (χ2n) is 7.35. The Bertz CT molecular complexity index is 759. The lowest BCUT2D eigenvalue weighted by molar-refractivity contribution is -0.210. The van der Waals surface area contributed by atoms with Gasteiger partial charge in [0.2, 0.25) is 5.91 Å². The summed E-state index contributed by atoms with van der Waals surface area (Å²) in [4.78, 5) is 17.9. The molecule has 2 unspecified atom stereocenters. The molecule has 1 saturated carbocycles. The number of rotatable bonds is 4. The number of nitrogens with zero attached hydrogens (tertiary/aromatic N) is 1. The fraction of sp³-hybridized carbons (Fsp3) is 0.550. The molecule has 2 aromatic rings. The molecule has 2 aliphatic rings. The Hall–Kier alpha value is -1.85. The average molecular weight is 342 g/mol. The van der Waals surface area contributed by atoms with E-state index in [1.807, 2.05) is 36.2 Å². The van der Waals surface area contributed by atoms with Gasteiger partial charge in [-0.25, -0.2) is 0 Å². The summed E-state index contributed by atoms with van der Waals surface area (Å²) in [7, 11) is 0. The molecule has 1 saturated heterocycles. The first-order valence-electron chi connectivity index (χ1n) is 9.26. The highest BCUT2D eigenvalue weighted by molar-refractivity contribution is 5.88. The van der Waals surface area contributed by atoms with E-state index in [0.29, 0.717) is 26.1 Å². The van der Waals surface area contributed by atoms with E-state index in [-0.39, 0.29) is 23.5 Å². The molecule has 0 radical (unpaired) electrons. The summed E-state index contributed by atoms with van der Waals surface area (Å²) in [5.74, 6) is 0.168. The second kappa shape index (κ2) is 6.46. The first-order chi connectivity index (χ1) is 12.1. The predicted octanol–water partition coefficient (Wildman–Crippen LogP) is 2.49. The maximum Gasteiger partial charge on any atom is 0.227 e. The van der Waals surface area contributed by atoms with Gasteiger partial charge >= 0.3 is 0 Å². The van der Waals surface area contributed by atoms with Gasteiger partial charge in [0.25, 0.3) is 0 Å². The minimum absolute atomic E-state index is 0.131. The molecular formula is C20H26N2O3. The first-order valence-corrected chi connectivity index (χ1v) is 9.26. The smallest absolute Gasteiger partial charge is 0.227 e. The van der Waals surface area contributed by atoms with Gasteiger partial charge in [-0.2, -0.15) is 0 Å². The number of aliphatic hydroxyl groups excluding tert-OH is 1. The lowest BCUT2D eigenvalue weighted by atomic mass is 9.58. The van der Waals surface area contributed by atoms with Crippen LogP contribution in [0.3, 0.4) is 0 Å². The fourth-order valence-corrected chi connectivity index (χ4v) is 4.54. The van der Waals surface area contributed by atoms with Gasteiger partial charge in [-0.1, -0.05) is 18.2 Å². The molecule has 0 bridgehead atoms. The molecule has 2 atom stereocenters. The standard InChI is InChI=1S/C20H26N2O3/c1-2-25-18-12-17(23)20(18)7-9-22(10-8-20)19(24)11-14-13-21-16-6-4-3-5-15(14)16/h3-6,13,17-18,21,23H,2,7-12H2,1H3. The minimum atomic E-state index is -0.282. The molecule has 1 aliphatic heterocycles. The molecule has 4 rings (SSSR count). The third-order valence-corrected chi connectivity index (χ3v) is 6.17. The van der Waals surface area contributed by atoms with Crippen LogP contribution in [0.15, 0.2) is 30.5 Å². The number of H-pyrrole nitrogens is 1. The molecule has 2 N–H and O–H groups in total. The molecule has 5 heteroatoms. The molecule has 134 valence electrons. The number of piperidine rings is 1. The van der Waals surface area contributed by atoms with Gasteiger partial charge in [0.05, 0.1) is 18.6 Å². The summed E-state index contributed by atoms with van der Waals surface area (Å²) in [5, 5.41) is 11.4. The number of fused-ring (bicyclic) bond motifs is 1. The van der Waals surface area contributed by atoms with Crippen LogP contribution in [0.4, 0.5) is 0 Å². The number of aromatic amines is 1. The van der Waals surface area contributed by atoms with Gasteiger partial charge in [-0.3, -0.25) is 4.79 Å². The summed E-state index contributed by atoms with van der Waals surface area (Å²) in [6.45, 7) is 4.10. The van der Waals surface area contributed by atoms with Crippen LogP contribution in [0.2, 0.25) is 0 Å². The molecular weight excluding hydrogens is 316 g/mol. The van der Waals surface area contributed by atoms with Crippen LogP contribution in [0.25, 0.3) is 10.9 Å². The number of benzene rings is 1. The number of para-hydroxylation sites is 1. The number of likely N-dealkylation sites (tertiary alicyclic amines) is 1. The molecule has 1 aromatic heterocycles. The fourth-order valence-electron chi connectivity index (χ4n) is 4.54. The van der Waals surface area contributed by atoms with E-state index in [2.05, 4.69) is 11.1 Å². The van der Waals surface area contributed by atoms with Crippen LogP contribution in [0, 0.1) is 5.41 Å². The van der Waals surface area contributed by atoms with Crippen LogP contribution in [-0.4, -0.2) is 52.8 Å². The van der Waals surface area contributed by atoms with Crippen LogP contribution >= 0.6 is 0 Å². The minimum Gasteiger partial charge on any atom is -0.392 e. The van der Waals surface area contributed by atoms with E-state index in [1.54, 1.807) is 0 Å². The van der Waals surface area contributed by atoms with Crippen molar-refractivity contribution in [3.63, 3.8) is 0 Å². The van der Waals surface area contributed by atoms with Crippen molar-refractivity contribution in [3.05, 3.63) is 36.0 Å². The van der Waals surface area contributed by atoms with E-state index >= 15 is 0 Å².